The normalized spacial score (nSPS) is 20.2. The third kappa shape index (κ3) is 2.95. The number of amides is 1. The Labute approximate surface area is 97.2 Å². The Kier molecular flexibility index (Phi) is 3.82. The van der Waals surface area contributed by atoms with Gasteiger partial charge >= 0.3 is 0 Å². The molecule has 0 aliphatic heterocycles. The van der Waals surface area contributed by atoms with E-state index < -0.39 is 0 Å². The third-order valence-corrected chi connectivity index (χ3v) is 3.44. The van der Waals surface area contributed by atoms with E-state index in [1.165, 1.54) is 25.7 Å². The summed E-state index contributed by atoms with van der Waals surface area (Å²) in [7, 11) is 0. The Morgan fingerprint density at radius 1 is 1.25 bits per heavy atom. The highest BCUT2D eigenvalue weighted by Gasteiger charge is 2.35. The van der Waals surface area contributed by atoms with Gasteiger partial charge in [-0.1, -0.05) is 0 Å². The van der Waals surface area contributed by atoms with E-state index in [2.05, 4.69) is 4.90 Å². The van der Waals surface area contributed by atoms with Gasteiger partial charge in [0, 0.05) is 25.2 Å². The van der Waals surface area contributed by atoms with Crippen LogP contribution in [0, 0.1) is 0 Å². The average molecular weight is 226 g/mol. The molecule has 0 radical (unpaired) electrons. The van der Waals surface area contributed by atoms with Crippen molar-refractivity contribution in [2.45, 2.75) is 44.7 Å². The number of likely N-dealkylation sites (N-methyl/N-ethyl adjacent to an activating group) is 1. The van der Waals surface area contributed by atoms with Crippen LogP contribution in [0.2, 0.25) is 0 Å². The topological polar surface area (TPSA) is 43.8 Å². The van der Waals surface area contributed by atoms with Crippen molar-refractivity contribution in [1.29, 1.82) is 0 Å². The first-order valence-corrected chi connectivity index (χ1v) is 6.40. The Morgan fingerprint density at radius 3 is 2.31 bits per heavy atom. The van der Waals surface area contributed by atoms with Crippen LogP contribution >= 0.6 is 0 Å². The van der Waals surface area contributed by atoms with Crippen LogP contribution in [0.25, 0.3) is 0 Å². The Bertz CT molecular complexity index is 249. The molecule has 0 saturated heterocycles. The lowest BCUT2D eigenvalue weighted by atomic mass is 10.3. The van der Waals surface area contributed by atoms with Gasteiger partial charge in [-0.25, -0.2) is 0 Å². The summed E-state index contributed by atoms with van der Waals surface area (Å²) in [6.07, 6.45) is 4.71. The lowest BCUT2D eigenvalue weighted by molar-refractivity contribution is -0.133. The molecule has 2 fully saturated rings. The van der Waals surface area contributed by atoms with E-state index in [1.54, 1.807) is 0 Å². The van der Waals surface area contributed by atoms with Crippen molar-refractivity contribution < 1.29 is 9.90 Å². The molecule has 2 aliphatic carbocycles. The van der Waals surface area contributed by atoms with E-state index in [1.807, 2.05) is 11.8 Å². The van der Waals surface area contributed by atoms with Crippen molar-refractivity contribution in [3.05, 3.63) is 0 Å². The molecule has 0 spiro atoms. The highest BCUT2D eigenvalue weighted by atomic mass is 16.3. The third-order valence-electron chi connectivity index (χ3n) is 3.44. The predicted octanol–water partition coefficient (Wildman–Crippen LogP) is 0.454. The van der Waals surface area contributed by atoms with Crippen LogP contribution in [0.4, 0.5) is 0 Å². The fourth-order valence-corrected chi connectivity index (χ4v) is 2.25. The summed E-state index contributed by atoms with van der Waals surface area (Å²) < 4.78 is 0. The number of rotatable bonds is 7. The second kappa shape index (κ2) is 5.15. The van der Waals surface area contributed by atoms with Crippen LogP contribution in [0.5, 0.6) is 0 Å². The zero-order valence-corrected chi connectivity index (χ0v) is 10.1. The molecule has 1 N–H and O–H groups in total. The van der Waals surface area contributed by atoms with Crippen LogP contribution in [0.15, 0.2) is 0 Å². The molecule has 0 atom stereocenters. The Hall–Kier alpha value is -0.610. The van der Waals surface area contributed by atoms with Crippen LogP contribution in [0.1, 0.15) is 32.6 Å². The molecule has 2 rings (SSSR count). The second-order valence-electron chi connectivity index (χ2n) is 4.84. The van der Waals surface area contributed by atoms with Crippen LogP contribution < -0.4 is 0 Å². The van der Waals surface area contributed by atoms with Gasteiger partial charge in [-0.3, -0.25) is 9.69 Å². The van der Waals surface area contributed by atoms with Gasteiger partial charge in [0.2, 0.25) is 5.91 Å². The molecule has 0 unspecified atom stereocenters. The maximum absolute atomic E-state index is 12.1. The van der Waals surface area contributed by atoms with E-state index in [9.17, 15) is 4.79 Å². The number of aliphatic hydroxyl groups excluding tert-OH is 1. The molecular formula is C12H22N2O2. The van der Waals surface area contributed by atoms with Gasteiger partial charge < -0.3 is 10.0 Å². The van der Waals surface area contributed by atoms with E-state index >= 15 is 0 Å². The van der Waals surface area contributed by atoms with Crippen molar-refractivity contribution >= 4 is 5.91 Å². The summed E-state index contributed by atoms with van der Waals surface area (Å²) in [5.41, 5.74) is 0. The van der Waals surface area contributed by atoms with Crippen molar-refractivity contribution in [3.63, 3.8) is 0 Å². The summed E-state index contributed by atoms with van der Waals surface area (Å²) >= 11 is 0. The molecule has 0 aromatic heterocycles. The molecule has 0 aromatic carbocycles. The van der Waals surface area contributed by atoms with E-state index in [4.69, 9.17) is 5.11 Å². The first-order chi connectivity index (χ1) is 7.76. The van der Waals surface area contributed by atoms with Crippen molar-refractivity contribution in [2.24, 2.45) is 0 Å². The molecular weight excluding hydrogens is 204 g/mol. The largest absolute Gasteiger partial charge is 0.395 e. The standard InChI is InChI=1S/C12H22N2O2/c1-2-14(11-5-6-11)12(16)9-13(7-8-15)10-3-4-10/h10-11,15H,2-9H2,1H3. The number of aliphatic hydroxyl groups is 1. The molecule has 4 nitrogen and oxygen atoms in total. The molecule has 16 heavy (non-hydrogen) atoms. The predicted molar refractivity (Wildman–Crippen MR) is 62.1 cm³/mol. The van der Waals surface area contributed by atoms with Crippen molar-refractivity contribution in [3.8, 4) is 0 Å². The van der Waals surface area contributed by atoms with Gasteiger partial charge in [-0.2, -0.15) is 0 Å². The van der Waals surface area contributed by atoms with Crippen LogP contribution in [-0.2, 0) is 4.79 Å². The summed E-state index contributed by atoms with van der Waals surface area (Å²) in [5.74, 6) is 0.241. The fourth-order valence-electron chi connectivity index (χ4n) is 2.25. The Morgan fingerprint density at radius 2 is 1.88 bits per heavy atom. The first-order valence-electron chi connectivity index (χ1n) is 6.40. The van der Waals surface area contributed by atoms with E-state index in [0.717, 1.165) is 6.54 Å². The maximum atomic E-state index is 12.1. The van der Waals surface area contributed by atoms with Gasteiger partial charge in [0.05, 0.1) is 13.2 Å². The van der Waals surface area contributed by atoms with Gasteiger partial charge in [0.1, 0.15) is 0 Å². The number of hydrogen-bond donors (Lipinski definition) is 1. The minimum absolute atomic E-state index is 0.152. The molecule has 0 aromatic rings. The van der Waals surface area contributed by atoms with E-state index in [-0.39, 0.29) is 12.5 Å². The number of hydrogen-bond acceptors (Lipinski definition) is 3. The molecule has 92 valence electrons. The first kappa shape index (κ1) is 11.9. The lowest BCUT2D eigenvalue weighted by Crippen LogP contribution is -2.43. The summed E-state index contributed by atoms with van der Waals surface area (Å²) in [6.45, 7) is 4.15. The van der Waals surface area contributed by atoms with Crippen molar-refractivity contribution in [1.82, 2.24) is 9.80 Å². The summed E-state index contributed by atoms with van der Waals surface area (Å²) in [4.78, 5) is 16.2. The number of carbonyl (C=O) groups excluding carboxylic acids is 1. The molecule has 2 saturated carbocycles. The minimum Gasteiger partial charge on any atom is -0.395 e. The smallest absolute Gasteiger partial charge is 0.236 e. The summed E-state index contributed by atoms with van der Waals surface area (Å²) in [6, 6.07) is 1.06. The molecule has 2 aliphatic rings. The second-order valence-corrected chi connectivity index (χ2v) is 4.84. The van der Waals surface area contributed by atoms with Crippen LogP contribution in [-0.4, -0.2) is 59.1 Å². The Balaban J connectivity index is 1.82. The lowest BCUT2D eigenvalue weighted by Gasteiger charge is -2.26. The summed E-state index contributed by atoms with van der Waals surface area (Å²) in [5, 5.41) is 8.98. The molecule has 4 heteroatoms. The highest BCUT2D eigenvalue weighted by Crippen LogP contribution is 2.29. The van der Waals surface area contributed by atoms with Gasteiger partial charge in [0.25, 0.3) is 0 Å². The van der Waals surface area contributed by atoms with Crippen LogP contribution in [0.3, 0.4) is 0 Å². The monoisotopic (exact) mass is 226 g/mol. The average Bonchev–Trinajstić information content (AvgIpc) is 3.12. The van der Waals surface area contributed by atoms with E-state index in [0.29, 0.717) is 25.2 Å². The zero-order chi connectivity index (χ0) is 11.5. The number of carbonyl (C=O) groups is 1. The number of nitrogens with zero attached hydrogens (tertiary/aromatic N) is 2. The molecule has 0 bridgehead atoms. The zero-order valence-electron chi connectivity index (χ0n) is 10.1. The maximum Gasteiger partial charge on any atom is 0.236 e. The minimum atomic E-state index is 0.152. The van der Waals surface area contributed by atoms with Gasteiger partial charge in [-0.15, -0.1) is 0 Å². The molecule has 0 heterocycles. The van der Waals surface area contributed by atoms with Gasteiger partial charge in [0.15, 0.2) is 0 Å². The van der Waals surface area contributed by atoms with Crippen molar-refractivity contribution in [2.75, 3.05) is 26.2 Å². The molecule has 1 amide bonds. The SMILES string of the molecule is CCN(C(=O)CN(CCO)C1CC1)C1CC1. The quantitative estimate of drug-likeness (QED) is 0.685. The van der Waals surface area contributed by atoms with Gasteiger partial charge in [-0.05, 0) is 32.6 Å². The highest BCUT2D eigenvalue weighted by molar-refractivity contribution is 5.79. The fraction of sp³-hybridized carbons (Fsp3) is 0.917.